The van der Waals surface area contributed by atoms with Crippen LogP contribution in [0.1, 0.15) is 35.7 Å². The van der Waals surface area contributed by atoms with Gasteiger partial charge in [-0.25, -0.2) is 4.79 Å². The summed E-state index contributed by atoms with van der Waals surface area (Å²) in [6.45, 7) is 3.85. The normalized spacial score (nSPS) is 24.5. The van der Waals surface area contributed by atoms with Gasteiger partial charge in [0.15, 0.2) is 0 Å². The highest BCUT2D eigenvalue weighted by atomic mass is 35.5. The van der Waals surface area contributed by atoms with E-state index < -0.39 is 0 Å². The molecule has 4 rings (SSSR count). The number of rotatable bonds is 3. The van der Waals surface area contributed by atoms with Crippen LogP contribution in [0.4, 0.5) is 10.5 Å². The number of urea groups is 1. The van der Waals surface area contributed by atoms with Crippen molar-refractivity contribution in [2.24, 2.45) is 11.8 Å². The summed E-state index contributed by atoms with van der Waals surface area (Å²) in [4.78, 5) is 30.6. The molecule has 1 saturated heterocycles. The molecule has 150 valence electrons. The second-order valence-electron chi connectivity index (χ2n) is 7.25. The first kappa shape index (κ1) is 20.1. The summed E-state index contributed by atoms with van der Waals surface area (Å²) in [7, 11) is 0. The molecule has 2 aromatic heterocycles. The molecule has 1 fully saturated rings. The van der Waals surface area contributed by atoms with Gasteiger partial charge in [0.2, 0.25) is 0 Å². The molecule has 0 aliphatic carbocycles. The lowest BCUT2D eigenvalue weighted by Gasteiger charge is -2.47. The minimum absolute atomic E-state index is 0.189. The maximum Gasteiger partial charge on any atom is 0.322 e. The zero-order valence-corrected chi connectivity index (χ0v) is 18.4. The van der Waals surface area contributed by atoms with E-state index in [0.29, 0.717) is 10.7 Å². The predicted molar refractivity (Wildman–Crippen MR) is 120 cm³/mol. The number of carbonyl (C=O) groups excluding carboxylic acids is 2. The van der Waals surface area contributed by atoms with Crippen molar-refractivity contribution in [2.45, 2.75) is 25.9 Å². The summed E-state index contributed by atoms with van der Waals surface area (Å²) in [6.07, 6.45) is 0. The van der Waals surface area contributed by atoms with Crippen LogP contribution < -0.4 is 5.32 Å². The van der Waals surface area contributed by atoms with Crippen molar-refractivity contribution in [3.63, 3.8) is 0 Å². The number of hydrogen-bond acceptors (Lipinski definition) is 4. The summed E-state index contributed by atoms with van der Waals surface area (Å²) in [5.41, 5.74) is 0.634. The molecule has 0 radical (unpaired) electrons. The van der Waals surface area contributed by atoms with Crippen molar-refractivity contribution in [3.8, 4) is 0 Å². The minimum Gasteiger partial charge on any atom is -0.308 e. The van der Waals surface area contributed by atoms with Crippen molar-refractivity contribution in [2.75, 3.05) is 5.32 Å². The molecule has 0 unspecified atom stereocenters. The van der Waals surface area contributed by atoms with Gasteiger partial charge in [0.1, 0.15) is 5.78 Å². The lowest BCUT2D eigenvalue weighted by atomic mass is 9.78. The largest absolute Gasteiger partial charge is 0.322 e. The SMILES string of the molecule is C[C@@H]1C(=O)[C@H](C)[C@@H](c2cccs2)N(C(=O)Nc2cccc(Cl)c2)[C@H]1c1cccs1. The van der Waals surface area contributed by atoms with Gasteiger partial charge in [-0.1, -0.05) is 43.6 Å². The number of Topliss-reactive ketones (excluding diaryl/α,β-unsaturated/α-hetero) is 1. The lowest BCUT2D eigenvalue weighted by molar-refractivity contribution is -0.135. The molecule has 0 bridgehead atoms. The molecular formula is C22H21ClN2O2S2. The first-order valence-corrected chi connectivity index (χ1v) is 11.6. The second kappa shape index (κ2) is 8.30. The molecule has 7 heteroatoms. The van der Waals surface area contributed by atoms with Crippen LogP contribution in [0, 0.1) is 11.8 Å². The number of carbonyl (C=O) groups is 2. The number of benzene rings is 1. The summed E-state index contributed by atoms with van der Waals surface area (Å²) in [5.74, 6) is -0.386. The molecular weight excluding hydrogens is 424 g/mol. The number of likely N-dealkylation sites (tertiary alicyclic amines) is 1. The van der Waals surface area contributed by atoms with E-state index in [1.54, 1.807) is 40.9 Å². The molecule has 3 aromatic rings. The van der Waals surface area contributed by atoms with E-state index in [2.05, 4.69) is 5.32 Å². The van der Waals surface area contributed by atoms with Crippen molar-refractivity contribution < 1.29 is 9.59 Å². The van der Waals surface area contributed by atoms with E-state index in [4.69, 9.17) is 11.6 Å². The van der Waals surface area contributed by atoms with Crippen molar-refractivity contribution in [1.29, 1.82) is 0 Å². The van der Waals surface area contributed by atoms with Gasteiger partial charge in [0.25, 0.3) is 0 Å². The van der Waals surface area contributed by atoms with Crippen LogP contribution in [0.25, 0.3) is 0 Å². The van der Waals surface area contributed by atoms with E-state index in [1.165, 1.54) is 0 Å². The Bertz CT molecular complexity index is 954. The Morgan fingerprint density at radius 2 is 1.55 bits per heavy atom. The van der Waals surface area contributed by atoms with Gasteiger partial charge in [-0.2, -0.15) is 0 Å². The average Bonchev–Trinajstić information content (AvgIpc) is 3.40. The Labute approximate surface area is 183 Å². The lowest BCUT2D eigenvalue weighted by Crippen LogP contribution is -2.52. The van der Waals surface area contributed by atoms with Crippen molar-refractivity contribution in [3.05, 3.63) is 74.1 Å². The van der Waals surface area contributed by atoms with Crippen molar-refractivity contribution in [1.82, 2.24) is 4.90 Å². The topological polar surface area (TPSA) is 49.4 Å². The van der Waals surface area contributed by atoms with Gasteiger partial charge < -0.3 is 10.2 Å². The average molecular weight is 445 g/mol. The van der Waals surface area contributed by atoms with Crippen LogP contribution in [-0.4, -0.2) is 16.7 Å². The first-order chi connectivity index (χ1) is 14.0. The highest BCUT2D eigenvalue weighted by Crippen LogP contribution is 2.48. The monoisotopic (exact) mass is 444 g/mol. The molecule has 29 heavy (non-hydrogen) atoms. The van der Waals surface area contributed by atoms with Gasteiger partial charge in [0, 0.05) is 32.3 Å². The van der Waals surface area contributed by atoms with Crippen molar-refractivity contribution >= 4 is 51.8 Å². The third-order valence-corrected chi connectivity index (χ3v) is 7.54. The Hall–Kier alpha value is -2.15. The van der Waals surface area contributed by atoms with Gasteiger partial charge in [-0.3, -0.25) is 4.79 Å². The highest BCUT2D eigenvalue weighted by molar-refractivity contribution is 7.10. The number of anilines is 1. The number of ketones is 1. The van der Waals surface area contributed by atoms with E-state index in [0.717, 1.165) is 9.75 Å². The van der Waals surface area contributed by atoms with Crippen LogP contribution in [0.2, 0.25) is 5.02 Å². The minimum atomic E-state index is -0.315. The summed E-state index contributed by atoms with van der Waals surface area (Å²) in [5, 5.41) is 7.52. The molecule has 3 heterocycles. The molecule has 4 nitrogen and oxygen atoms in total. The van der Waals surface area contributed by atoms with Crippen LogP contribution in [0.5, 0.6) is 0 Å². The zero-order valence-electron chi connectivity index (χ0n) is 16.0. The number of nitrogens with one attached hydrogen (secondary N) is 1. The highest BCUT2D eigenvalue weighted by Gasteiger charge is 2.48. The molecule has 1 aromatic carbocycles. The third-order valence-electron chi connectivity index (χ3n) is 5.42. The first-order valence-electron chi connectivity index (χ1n) is 9.43. The third kappa shape index (κ3) is 3.84. The van der Waals surface area contributed by atoms with E-state index in [9.17, 15) is 9.59 Å². The quantitative estimate of drug-likeness (QED) is 0.492. The number of nitrogens with zero attached hydrogens (tertiary/aromatic N) is 1. The van der Waals surface area contributed by atoms with Crippen LogP contribution in [0.3, 0.4) is 0 Å². The Balaban J connectivity index is 1.78. The number of hydrogen-bond donors (Lipinski definition) is 1. The predicted octanol–water partition coefficient (Wildman–Crippen LogP) is 6.63. The van der Waals surface area contributed by atoms with Gasteiger partial charge in [-0.05, 0) is 41.1 Å². The molecule has 4 atom stereocenters. The fourth-order valence-corrected chi connectivity index (χ4v) is 6.12. The zero-order chi connectivity index (χ0) is 20.5. The smallest absolute Gasteiger partial charge is 0.308 e. The Morgan fingerprint density at radius 1 is 0.966 bits per heavy atom. The summed E-state index contributed by atoms with van der Waals surface area (Å²) >= 11 is 9.24. The van der Waals surface area contributed by atoms with E-state index >= 15 is 0 Å². The maximum absolute atomic E-state index is 13.6. The van der Waals surface area contributed by atoms with Crippen LogP contribution in [0.15, 0.2) is 59.3 Å². The standard InChI is InChI=1S/C22H21ClN2O2S2/c1-13-19(17-8-4-10-28-17)25(22(27)24-16-7-3-6-15(23)12-16)20(14(2)21(13)26)18-9-5-11-29-18/h3-14,19-20H,1-2H3,(H,24,27)/t13-,14+,19+,20-. The van der Waals surface area contributed by atoms with Gasteiger partial charge in [0.05, 0.1) is 12.1 Å². The van der Waals surface area contributed by atoms with E-state index in [1.807, 2.05) is 59.8 Å². The Kier molecular flexibility index (Phi) is 5.76. The van der Waals surface area contributed by atoms with E-state index in [-0.39, 0.29) is 35.7 Å². The Morgan fingerprint density at radius 3 is 2.03 bits per heavy atom. The van der Waals surface area contributed by atoms with Gasteiger partial charge >= 0.3 is 6.03 Å². The molecule has 1 N–H and O–H groups in total. The second-order valence-corrected chi connectivity index (χ2v) is 9.64. The summed E-state index contributed by atoms with van der Waals surface area (Å²) < 4.78 is 0. The summed E-state index contributed by atoms with van der Waals surface area (Å²) in [6, 6.07) is 14.2. The fourth-order valence-electron chi connectivity index (χ4n) is 4.07. The number of thiophene rings is 2. The maximum atomic E-state index is 13.6. The molecule has 1 aliphatic heterocycles. The number of amides is 2. The molecule has 0 saturated carbocycles. The molecule has 1 aliphatic rings. The van der Waals surface area contributed by atoms with Gasteiger partial charge in [-0.15, -0.1) is 22.7 Å². The number of piperidine rings is 1. The fraction of sp³-hybridized carbons (Fsp3) is 0.273. The molecule has 0 spiro atoms. The number of halogens is 1. The van der Waals surface area contributed by atoms with Crippen LogP contribution in [-0.2, 0) is 4.79 Å². The van der Waals surface area contributed by atoms with Crippen LogP contribution >= 0.6 is 34.3 Å². The molecule has 2 amide bonds.